The summed E-state index contributed by atoms with van der Waals surface area (Å²) >= 11 is 0. The lowest BCUT2D eigenvalue weighted by Crippen LogP contribution is -2.29. The molecule has 0 spiro atoms. The number of esters is 1. The van der Waals surface area contributed by atoms with Crippen molar-refractivity contribution in [3.8, 4) is 5.75 Å². The SMILES string of the molecule is CCOC(=O)C1=C(C)Nc2nc3ccccc3n2[C@@H]1c1cccc(OC)c1. The molecule has 4 rings (SSSR count). The number of imidazole rings is 1. The molecule has 27 heavy (non-hydrogen) atoms. The zero-order chi connectivity index (χ0) is 19.0. The monoisotopic (exact) mass is 363 g/mol. The number of methoxy groups -OCH3 is 1. The lowest BCUT2D eigenvalue weighted by Gasteiger charge is -2.30. The molecule has 138 valence electrons. The zero-order valence-corrected chi connectivity index (χ0v) is 15.5. The summed E-state index contributed by atoms with van der Waals surface area (Å²) in [6, 6.07) is 15.3. The molecule has 6 heteroatoms. The van der Waals surface area contributed by atoms with Crippen LogP contribution in [0.3, 0.4) is 0 Å². The first-order valence-electron chi connectivity index (χ1n) is 8.90. The van der Waals surface area contributed by atoms with Gasteiger partial charge >= 0.3 is 5.97 Å². The van der Waals surface area contributed by atoms with Gasteiger partial charge in [0.2, 0.25) is 5.95 Å². The highest BCUT2D eigenvalue weighted by Crippen LogP contribution is 2.40. The van der Waals surface area contributed by atoms with Crippen molar-refractivity contribution in [2.24, 2.45) is 0 Å². The Labute approximate surface area is 157 Å². The minimum atomic E-state index is -0.359. The topological polar surface area (TPSA) is 65.4 Å². The molecule has 1 aliphatic heterocycles. The summed E-state index contributed by atoms with van der Waals surface area (Å²) in [7, 11) is 1.63. The lowest BCUT2D eigenvalue weighted by molar-refractivity contribution is -0.139. The maximum Gasteiger partial charge on any atom is 0.338 e. The lowest BCUT2D eigenvalue weighted by atomic mass is 9.95. The third-order valence-corrected chi connectivity index (χ3v) is 4.74. The number of ether oxygens (including phenoxy) is 2. The summed E-state index contributed by atoms with van der Waals surface area (Å²) < 4.78 is 12.8. The molecule has 0 saturated carbocycles. The van der Waals surface area contributed by atoms with E-state index in [2.05, 4.69) is 5.32 Å². The Balaban J connectivity index is 1.98. The van der Waals surface area contributed by atoms with Gasteiger partial charge < -0.3 is 14.8 Å². The highest BCUT2D eigenvalue weighted by atomic mass is 16.5. The van der Waals surface area contributed by atoms with Crippen LogP contribution < -0.4 is 10.1 Å². The smallest absolute Gasteiger partial charge is 0.338 e. The van der Waals surface area contributed by atoms with Crippen LogP contribution in [-0.2, 0) is 9.53 Å². The van der Waals surface area contributed by atoms with E-state index in [1.165, 1.54) is 0 Å². The van der Waals surface area contributed by atoms with E-state index in [4.69, 9.17) is 14.5 Å². The number of anilines is 1. The second kappa shape index (κ2) is 6.79. The van der Waals surface area contributed by atoms with Gasteiger partial charge in [-0.15, -0.1) is 0 Å². The molecule has 1 N–H and O–H groups in total. The molecule has 0 radical (unpaired) electrons. The van der Waals surface area contributed by atoms with Crippen molar-refractivity contribution < 1.29 is 14.3 Å². The zero-order valence-electron chi connectivity index (χ0n) is 15.5. The Bertz CT molecular complexity index is 1050. The Kier molecular flexibility index (Phi) is 4.32. The normalized spacial score (nSPS) is 16.0. The molecule has 0 amide bonds. The van der Waals surface area contributed by atoms with Gasteiger partial charge in [0.15, 0.2) is 0 Å². The van der Waals surface area contributed by atoms with E-state index in [0.717, 1.165) is 28.0 Å². The van der Waals surface area contributed by atoms with E-state index in [1.807, 2.05) is 66.9 Å². The summed E-state index contributed by atoms with van der Waals surface area (Å²) in [6.07, 6.45) is 0. The molecular formula is C21H21N3O3. The molecule has 0 fully saturated rings. The predicted molar refractivity (Wildman–Crippen MR) is 104 cm³/mol. The first-order valence-corrected chi connectivity index (χ1v) is 8.90. The number of nitrogens with one attached hydrogen (secondary N) is 1. The standard InChI is InChI=1S/C21H21N3O3/c1-4-27-20(25)18-13(2)22-21-23-16-10-5-6-11-17(16)24(21)19(18)14-8-7-9-15(12-14)26-3/h5-12,19H,4H2,1-3H3,(H,22,23)/t19-/m1/s1. The van der Waals surface area contributed by atoms with Gasteiger partial charge in [0.1, 0.15) is 5.75 Å². The molecular weight excluding hydrogens is 342 g/mol. The van der Waals surface area contributed by atoms with Crippen LogP contribution in [0.25, 0.3) is 11.0 Å². The Morgan fingerprint density at radius 3 is 2.81 bits per heavy atom. The number of allylic oxidation sites excluding steroid dienone is 1. The third-order valence-electron chi connectivity index (χ3n) is 4.74. The first kappa shape index (κ1) is 17.1. The van der Waals surface area contributed by atoms with Crippen LogP contribution in [0.4, 0.5) is 5.95 Å². The van der Waals surface area contributed by atoms with E-state index in [1.54, 1.807) is 7.11 Å². The molecule has 0 saturated heterocycles. The maximum atomic E-state index is 12.8. The van der Waals surface area contributed by atoms with Gasteiger partial charge in [0, 0.05) is 5.70 Å². The van der Waals surface area contributed by atoms with E-state index in [9.17, 15) is 4.79 Å². The number of aromatic nitrogens is 2. The van der Waals surface area contributed by atoms with Crippen molar-refractivity contribution in [3.63, 3.8) is 0 Å². The van der Waals surface area contributed by atoms with Crippen molar-refractivity contribution in [1.82, 2.24) is 9.55 Å². The van der Waals surface area contributed by atoms with E-state index in [-0.39, 0.29) is 12.0 Å². The summed E-state index contributed by atoms with van der Waals surface area (Å²) in [4.78, 5) is 17.5. The fourth-order valence-corrected chi connectivity index (χ4v) is 3.56. The number of rotatable bonds is 4. The number of hydrogen-bond donors (Lipinski definition) is 1. The van der Waals surface area contributed by atoms with Crippen LogP contribution in [0.15, 0.2) is 59.8 Å². The molecule has 6 nitrogen and oxygen atoms in total. The first-order chi connectivity index (χ1) is 13.1. The highest BCUT2D eigenvalue weighted by Gasteiger charge is 2.35. The average molecular weight is 363 g/mol. The van der Waals surface area contributed by atoms with Crippen LogP contribution >= 0.6 is 0 Å². The predicted octanol–water partition coefficient (Wildman–Crippen LogP) is 3.90. The number of para-hydroxylation sites is 2. The number of carbonyl (C=O) groups is 1. The van der Waals surface area contributed by atoms with Crippen LogP contribution in [-0.4, -0.2) is 29.2 Å². The van der Waals surface area contributed by atoms with E-state index >= 15 is 0 Å². The van der Waals surface area contributed by atoms with Gasteiger partial charge in [-0.05, 0) is 43.7 Å². The van der Waals surface area contributed by atoms with Crippen LogP contribution in [0.5, 0.6) is 5.75 Å². The quantitative estimate of drug-likeness (QED) is 0.712. The maximum absolute atomic E-state index is 12.8. The molecule has 1 atom stereocenters. The number of carbonyl (C=O) groups excluding carboxylic acids is 1. The van der Waals surface area contributed by atoms with Crippen LogP contribution in [0, 0.1) is 0 Å². The fraction of sp³-hybridized carbons (Fsp3) is 0.238. The molecule has 0 bridgehead atoms. The van der Waals surface area contributed by atoms with Gasteiger partial charge in [0.25, 0.3) is 0 Å². The van der Waals surface area contributed by atoms with Crippen molar-refractivity contribution in [2.45, 2.75) is 19.9 Å². The van der Waals surface area contributed by atoms with Crippen molar-refractivity contribution >= 4 is 23.0 Å². The summed E-state index contributed by atoms with van der Waals surface area (Å²) in [6.45, 7) is 4.00. The Morgan fingerprint density at radius 2 is 2.04 bits per heavy atom. The second-order valence-electron chi connectivity index (χ2n) is 6.36. The van der Waals surface area contributed by atoms with Crippen LogP contribution in [0.1, 0.15) is 25.5 Å². The molecule has 1 aromatic heterocycles. The van der Waals surface area contributed by atoms with E-state index < -0.39 is 0 Å². The van der Waals surface area contributed by atoms with Crippen molar-refractivity contribution in [3.05, 3.63) is 65.4 Å². The molecule has 3 aromatic rings. The van der Waals surface area contributed by atoms with Gasteiger partial charge in [0.05, 0.1) is 36.4 Å². The fourth-order valence-electron chi connectivity index (χ4n) is 3.56. The molecule has 0 unspecified atom stereocenters. The number of fused-ring (bicyclic) bond motifs is 3. The number of hydrogen-bond acceptors (Lipinski definition) is 5. The van der Waals surface area contributed by atoms with Gasteiger partial charge in [-0.25, -0.2) is 9.78 Å². The minimum Gasteiger partial charge on any atom is -0.497 e. The molecule has 2 aromatic carbocycles. The Hall–Kier alpha value is -3.28. The third kappa shape index (κ3) is 2.83. The van der Waals surface area contributed by atoms with Gasteiger partial charge in [-0.3, -0.25) is 4.57 Å². The minimum absolute atomic E-state index is 0.317. The van der Waals surface area contributed by atoms with Gasteiger partial charge in [-0.2, -0.15) is 0 Å². The number of nitrogens with zero attached hydrogens (tertiary/aromatic N) is 2. The van der Waals surface area contributed by atoms with E-state index in [0.29, 0.717) is 18.1 Å². The average Bonchev–Trinajstić information content (AvgIpc) is 3.04. The molecule has 0 aliphatic carbocycles. The van der Waals surface area contributed by atoms with Crippen molar-refractivity contribution in [2.75, 3.05) is 19.0 Å². The molecule has 1 aliphatic rings. The molecule has 2 heterocycles. The summed E-state index contributed by atoms with van der Waals surface area (Å²) in [5.41, 5.74) is 4.06. The van der Waals surface area contributed by atoms with Crippen molar-refractivity contribution in [1.29, 1.82) is 0 Å². The Morgan fingerprint density at radius 1 is 1.22 bits per heavy atom. The second-order valence-corrected chi connectivity index (χ2v) is 6.36. The largest absolute Gasteiger partial charge is 0.497 e. The number of benzene rings is 2. The highest BCUT2D eigenvalue weighted by molar-refractivity contribution is 5.94. The summed E-state index contributed by atoms with van der Waals surface area (Å²) in [5, 5.41) is 3.27. The van der Waals surface area contributed by atoms with Crippen LogP contribution in [0.2, 0.25) is 0 Å². The summed E-state index contributed by atoms with van der Waals surface area (Å²) in [5.74, 6) is 1.10. The van der Waals surface area contributed by atoms with Gasteiger partial charge in [-0.1, -0.05) is 24.3 Å².